The van der Waals surface area contributed by atoms with Crippen molar-refractivity contribution in [1.29, 1.82) is 0 Å². The molecular formula is C20H42N2O6. The molecule has 0 aliphatic carbocycles. The van der Waals surface area contributed by atoms with E-state index in [1.807, 2.05) is 6.92 Å². The fraction of sp³-hybridized carbons (Fsp3) is 1.00. The molecule has 8 nitrogen and oxygen atoms in total. The van der Waals surface area contributed by atoms with Gasteiger partial charge in [0.2, 0.25) is 0 Å². The first-order valence-electron chi connectivity index (χ1n) is 10.4. The Labute approximate surface area is 170 Å². The number of unbranched alkanes of at least 4 members (excludes halogenated alkanes) is 2. The minimum absolute atomic E-state index is 0.274. The Bertz CT molecular complexity index is 412. The van der Waals surface area contributed by atoms with Crippen molar-refractivity contribution >= 4 is 0 Å². The molecule has 0 bridgehead atoms. The van der Waals surface area contributed by atoms with Gasteiger partial charge in [0.15, 0.2) is 6.29 Å². The van der Waals surface area contributed by atoms with E-state index in [9.17, 15) is 0 Å². The van der Waals surface area contributed by atoms with Crippen LogP contribution in [0.3, 0.4) is 0 Å². The molecule has 1 fully saturated rings. The highest BCUT2D eigenvalue weighted by molar-refractivity contribution is 4.93. The van der Waals surface area contributed by atoms with Crippen LogP contribution >= 0.6 is 0 Å². The summed E-state index contributed by atoms with van der Waals surface area (Å²) < 4.78 is 35.1. The maximum atomic E-state index is 6.35. The molecule has 0 radical (unpaired) electrons. The first kappa shape index (κ1) is 25.7. The molecule has 0 aromatic rings. The minimum Gasteiger partial charge on any atom is -0.376 e. The van der Waals surface area contributed by atoms with Gasteiger partial charge in [-0.2, -0.15) is 0 Å². The maximum Gasteiger partial charge on any atom is 0.189 e. The van der Waals surface area contributed by atoms with Crippen LogP contribution in [-0.2, 0) is 28.4 Å². The second kappa shape index (κ2) is 13.1. The van der Waals surface area contributed by atoms with Gasteiger partial charge >= 0.3 is 0 Å². The highest BCUT2D eigenvalue weighted by Crippen LogP contribution is 2.30. The number of hydrogen-bond acceptors (Lipinski definition) is 8. The van der Waals surface area contributed by atoms with E-state index in [0.717, 1.165) is 32.1 Å². The average molecular weight is 407 g/mol. The van der Waals surface area contributed by atoms with Gasteiger partial charge in [0.25, 0.3) is 0 Å². The van der Waals surface area contributed by atoms with Crippen LogP contribution in [0.15, 0.2) is 0 Å². The summed E-state index contributed by atoms with van der Waals surface area (Å²) in [4.78, 5) is 0. The van der Waals surface area contributed by atoms with Crippen molar-refractivity contribution in [2.45, 2.75) is 102 Å². The van der Waals surface area contributed by atoms with Crippen molar-refractivity contribution in [2.24, 2.45) is 11.5 Å². The molecule has 4 unspecified atom stereocenters. The largest absolute Gasteiger partial charge is 0.376 e. The van der Waals surface area contributed by atoms with E-state index in [1.54, 1.807) is 21.3 Å². The van der Waals surface area contributed by atoms with Crippen LogP contribution in [0.25, 0.3) is 0 Å². The lowest BCUT2D eigenvalue weighted by Crippen LogP contribution is -2.63. The van der Waals surface area contributed by atoms with E-state index in [2.05, 4.69) is 13.8 Å². The highest BCUT2D eigenvalue weighted by Gasteiger charge is 2.49. The van der Waals surface area contributed by atoms with Crippen LogP contribution in [-0.4, -0.2) is 70.6 Å². The summed E-state index contributed by atoms with van der Waals surface area (Å²) in [6, 6.07) is 0. The van der Waals surface area contributed by atoms with Gasteiger partial charge in [-0.05, 0) is 32.6 Å². The summed E-state index contributed by atoms with van der Waals surface area (Å²) in [5, 5.41) is 0. The van der Waals surface area contributed by atoms with Gasteiger partial charge < -0.3 is 39.9 Å². The van der Waals surface area contributed by atoms with Gasteiger partial charge in [0, 0.05) is 21.3 Å². The molecular weight excluding hydrogens is 364 g/mol. The van der Waals surface area contributed by atoms with Gasteiger partial charge in [-0.1, -0.05) is 26.7 Å². The van der Waals surface area contributed by atoms with E-state index in [1.165, 1.54) is 0 Å². The lowest BCUT2D eigenvalue weighted by molar-refractivity contribution is -0.336. The molecule has 1 aliphatic rings. The van der Waals surface area contributed by atoms with Crippen molar-refractivity contribution in [3.63, 3.8) is 0 Å². The van der Waals surface area contributed by atoms with E-state index in [-0.39, 0.29) is 18.9 Å². The SMILES string of the molecule is CCCC[C@H](N)OCC1O[C@H](OC(C)(N)CCCC)C(OC)C(OC)[C@@H]1OC. The fourth-order valence-electron chi connectivity index (χ4n) is 3.47. The Morgan fingerprint density at radius 3 is 2.11 bits per heavy atom. The Morgan fingerprint density at radius 1 is 0.964 bits per heavy atom. The lowest BCUT2D eigenvalue weighted by Gasteiger charge is -2.46. The molecule has 1 aliphatic heterocycles. The van der Waals surface area contributed by atoms with E-state index in [4.69, 9.17) is 39.9 Å². The van der Waals surface area contributed by atoms with Crippen LogP contribution in [0.2, 0.25) is 0 Å². The van der Waals surface area contributed by atoms with Gasteiger partial charge in [-0.25, -0.2) is 0 Å². The zero-order valence-electron chi connectivity index (χ0n) is 18.5. The lowest BCUT2D eigenvalue weighted by atomic mass is 9.98. The van der Waals surface area contributed by atoms with Crippen molar-refractivity contribution < 1.29 is 28.4 Å². The van der Waals surface area contributed by atoms with Crippen molar-refractivity contribution in [2.75, 3.05) is 27.9 Å². The smallest absolute Gasteiger partial charge is 0.189 e. The molecule has 0 aromatic carbocycles. The topological polar surface area (TPSA) is 107 Å². The van der Waals surface area contributed by atoms with E-state index in [0.29, 0.717) is 6.42 Å². The van der Waals surface area contributed by atoms with Gasteiger partial charge in [-0.15, -0.1) is 0 Å². The second-order valence-corrected chi connectivity index (χ2v) is 7.69. The van der Waals surface area contributed by atoms with Crippen LogP contribution < -0.4 is 11.5 Å². The predicted molar refractivity (Wildman–Crippen MR) is 108 cm³/mol. The minimum atomic E-state index is -0.835. The third-order valence-electron chi connectivity index (χ3n) is 5.14. The molecule has 28 heavy (non-hydrogen) atoms. The molecule has 4 N–H and O–H groups in total. The number of methoxy groups -OCH3 is 3. The maximum absolute atomic E-state index is 6.35. The Morgan fingerprint density at radius 2 is 1.57 bits per heavy atom. The zero-order chi connectivity index (χ0) is 21.2. The molecule has 7 atom stereocenters. The Hall–Kier alpha value is -0.320. The van der Waals surface area contributed by atoms with E-state index < -0.39 is 30.3 Å². The molecule has 0 amide bonds. The number of nitrogens with two attached hydrogens (primary N) is 2. The van der Waals surface area contributed by atoms with Crippen molar-refractivity contribution in [1.82, 2.24) is 0 Å². The van der Waals surface area contributed by atoms with Crippen molar-refractivity contribution in [3.8, 4) is 0 Å². The Balaban J connectivity index is 2.87. The third kappa shape index (κ3) is 7.84. The van der Waals surface area contributed by atoms with Crippen LogP contribution in [0.5, 0.6) is 0 Å². The molecule has 1 saturated heterocycles. The van der Waals surface area contributed by atoms with Gasteiger partial charge in [0.1, 0.15) is 36.4 Å². The summed E-state index contributed by atoms with van der Waals surface area (Å²) in [7, 11) is 4.83. The predicted octanol–water partition coefficient (Wildman–Crippen LogP) is 2.13. The highest BCUT2D eigenvalue weighted by atomic mass is 16.7. The van der Waals surface area contributed by atoms with Crippen molar-refractivity contribution in [3.05, 3.63) is 0 Å². The summed E-state index contributed by atoms with van der Waals surface area (Å²) in [5.74, 6) is 0. The standard InChI is InChI=1S/C20H42N2O6/c1-7-9-11-15(21)26-13-14-16(23-4)17(24-5)18(25-6)19(27-14)28-20(3,22)12-10-8-2/h14-19H,7-13,21-22H2,1-6H3/t14?,15-,16-,17?,18?,19-,20?/m1/s1. The molecule has 0 saturated carbocycles. The Kier molecular flexibility index (Phi) is 12.0. The van der Waals surface area contributed by atoms with Crippen LogP contribution in [0, 0.1) is 0 Å². The first-order chi connectivity index (χ1) is 13.3. The molecule has 1 rings (SSSR count). The van der Waals surface area contributed by atoms with Crippen LogP contribution in [0.4, 0.5) is 0 Å². The fourth-order valence-corrected chi connectivity index (χ4v) is 3.47. The number of hydrogen-bond donors (Lipinski definition) is 2. The van der Waals surface area contributed by atoms with E-state index >= 15 is 0 Å². The molecule has 168 valence electrons. The average Bonchev–Trinajstić information content (AvgIpc) is 2.67. The molecule has 1 heterocycles. The first-order valence-corrected chi connectivity index (χ1v) is 10.4. The number of ether oxygens (including phenoxy) is 6. The summed E-state index contributed by atoms with van der Waals surface area (Å²) in [6.45, 7) is 6.37. The van der Waals surface area contributed by atoms with Crippen LogP contribution in [0.1, 0.15) is 59.3 Å². The van der Waals surface area contributed by atoms with Gasteiger partial charge in [0.05, 0.1) is 6.61 Å². The summed E-state index contributed by atoms with van der Waals surface area (Å²) >= 11 is 0. The molecule has 0 aromatic heterocycles. The monoisotopic (exact) mass is 406 g/mol. The third-order valence-corrected chi connectivity index (χ3v) is 5.14. The van der Waals surface area contributed by atoms with Gasteiger partial charge in [-0.3, -0.25) is 0 Å². The zero-order valence-corrected chi connectivity index (χ0v) is 18.5. The molecule has 8 heteroatoms. The second-order valence-electron chi connectivity index (χ2n) is 7.69. The molecule has 0 spiro atoms. The normalized spacial score (nSPS) is 31.5. The quantitative estimate of drug-likeness (QED) is 0.423. The summed E-state index contributed by atoms with van der Waals surface area (Å²) in [6.07, 6.45) is 2.89. The summed E-state index contributed by atoms with van der Waals surface area (Å²) in [5.41, 5.74) is 11.6. The number of rotatable bonds is 14.